The lowest BCUT2D eigenvalue weighted by Crippen LogP contribution is -1.93. The highest BCUT2D eigenvalue weighted by atomic mass is 32.1. The summed E-state index contributed by atoms with van der Waals surface area (Å²) in [6, 6.07) is 4.15. The Kier molecular flexibility index (Phi) is 3.67. The van der Waals surface area contributed by atoms with Crippen molar-refractivity contribution in [3.63, 3.8) is 0 Å². The first-order chi connectivity index (χ1) is 6.19. The second kappa shape index (κ2) is 4.56. The van der Waals surface area contributed by atoms with E-state index in [1.54, 1.807) is 7.11 Å². The molecule has 0 saturated carbocycles. The first-order valence-electron chi connectivity index (χ1n) is 4.55. The molecule has 0 spiro atoms. The molecule has 0 heterocycles. The van der Waals surface area contributed by atoms with E-state index < -0.39 is 0 Å². The molecule has 0 unspecified atom stereocenters. The van der Waals surface area contributed by atoms with Crippen LogP contribution >= 0.6 is 12.6 Å². The predicted octanol–water partition coefficient (Wildman–Crippen LogP) is 3.24. The van der Waals surface area contributed by atoms with Crippen LogP contribution in [0, 0.1) is 6.92 Å². The quantitative estimate of drug-likeness (QED) is 0.730. The van der Waals surface area contributed by atoms with E-state index in [9.17, 15) is 0 Å². The minimum atomic E-state index is 0.956. The molecule has 1 nitrogen and oxygen atoms in total. The largest absolute Gasteiger partial charge is 0.496 e. The molecule has 0 N–H and O–H groups in total. The van der Waals surface area contributed by atoms with Gasteiger partial charge in [0.25, 0.3) is 0 Å². The van der Waals surface area contributed by atoms with Gasteiger partial charge >= 0.3 is 0 Å². The van der Waals surface area contributed by atoms with Gasteiger partial charge in [-0.05, 0) is 30.5 Å². The maximum absolute atomic E-state index is 5.28. The summed E-state index contributed by atoms with van der Waals surface area (Å²) in [6.07, 6.45) is 2.21. The fourth-order valence-corrected chi connectivity index (χ4v) is 1.57. The second-order valence-corrected chi connectivity index (χ2v) is 3.68. The highest BCUT2D eigenvalue weighted by Crippen LogP contribution is 2.26. The van der Waals surface area contributed by atoms with Gasteiger partial charge in [0, 0.05) is 4.90 Å². The van der Waals surface area contributed by atoms with Crippen LogP contribution < -0.4 is 4.74 Å². The lowest BCUT2D eigenvalue weighted by atomic mass is 10.1. The molecule has 0 aromatic heterocycles. The van der Waals surface area contributed by atoms with E-state index in [0.29, 0.717) is 0 Å². The summed E-state index contributed by atoms with van der Waals surface area (Å²) in [5, 5.41) is 0. The van der Waals surface area contributed by atoms with Gasteiger partial charge in [-0.2, -0.15) is 0 Å². The molecular formula is C11H16OS. The van der Waals surface area contributed by atoms with Gasteiger partial charge in [0.1, 0.15) is 5.75 Å². The van der Waals surface area contributed by atoms with Crippen molar-refractivity contribution in [1.29, 1.82) is 0 Å². The van der Waals surface area contributed by atoms with Gasteiger partial charge in [-0.3, -0.25) is 0 Å². The van der Waals surface area contributed by atoms with Gasteiger partial charge in [0.2, 0.25) is 0 Å². The normalized spacial score (nSPS) is 10.2. The summed E-state index contributed by atoms with van der Waals surface area (Å²) in [5.41, 5.74) is 2.49. The Bertz CT molecular complexity index is 294. The molecule has 0 aliphatic carbocycles. The van der Waals surface area contributed by atoms with Gasteiger partial charge in [-0.15, -0.1) is 12.6 Å². The zero-order valence-electron chi connectivity index (χ0n) is 8.42. The van der Waals surface area contributed by atoms with Crippen LogP contribution in [0.5, 0.6) is 5.75 Å². The summed E-state index contributed by atoms with van der Waals surface area (Å²) in [4.78, 5) is 0.997. The lowest BCUT2D eigenvalue weighted by Gasteiger charge is -2.10. The van der Waals surface area contributed by atoms with Crippen molar-refractivity contribution in [2.24, 2.45) is 0 Å². The van der Waals surface area contributed by atoms with E-state index >= 15 is 0 Å². The molecule has 0 aliphatic heterocycles. The molecule has 0 aliphatic rings. The number of aryl methyl sites for hydroxylation is 2. The molecule has 0 saturated heterocycles. The van der Waals surface area contributed by atoms with Crippen molar-refractivity contribution >= 4 is 12.6 Å². The summed E-state index contributed by atoms with van der Waals surface area (Å²) >= 11 is 4.36. The minimum Gasteiger partial charge on any atom is -0.496 e. The Morgan fingerprint density at radius 3 is 2.62 bits per heavy atom. The number of hydrogen-bond donors (Lipinski definition) is 1. The van der Waals surface area contributed by atoms with E-state index in [1.807, 2.05) is 6.07 Å². The van der Waals surface area contributed by atoms with E-state index in [0.717, 1.165) is 23.5 Å². The Morgan fingerprint density at radius 2 is 2.08 bits per heavy atom. The van der Waals surface area contributed by atoms with Gasteiger partial charge in [0.05, 0.1) is 7.11 Å². The van der Waals surface area contributed by atoms with Crippen LogP contribution in [-0.2, 0) is 6.42 Å². The Hall–Kier alpha value is -0.630. The molecule has 72 valence electrons. The molecule has 0 atom stereocenters. The van der Waals surface area contributed by atoms with Crippen molar-refractivity contribution in [1.82, 2.24) is 0 Å². The molecule has 0 radical (unpaired) electrons. The van der Waals surface area contributed by atoms with E-state index in [4.69, 9.17) is 4.74 Å². The standard InChI is InChI=1S/C11H16OS/c1-4-5-9-6-8(2)11(13)7-10(9)12-3/h6-7,13H,4-5H2,1-3H3. The van der Waals surface area contributed by atoms with Crippen LogP contribution in [0.4, 0.5) is 0 Å². The first kappa shape index (κ1) is 10.5. The third-order valence-electron chi connectivity index (χ3n) is 2.12. The maximum Gasteiger partial charge on any atom is 0.123 e. The summed E-state index contributed by atoms with van der Waals surface area (Å²) in [6.45, 7) is 4.24. The van der Waals surface area contributed by atoms with E-state index in [2.05, 4.69) is 32.5 Å². The monoisotopic (exact) mass is 196 g/mol. The molecule has 2 heteroatoms. The Morgan fingerprint density at radius 1 is 1.38 bits per heavy atom. The van der Waals surface area contributed by atoms with Crippen LogP contribution in [0.3, 0.4) is 0 Å². The summed E-state index contributed by atoms with van der Waals surface area (Å²) in [5.74, 6) is 0.956. The van der Waals surface area contributed by atoms with Crippen LogP contribution in [0.25, 0.3) is 0 Å². The number of hydrogen-bond acceptors (Lipinski definition) is 2. The third-order valence-corrected chi connectivity index (χ3v) is 2.60. The summed E-state index contributed by atoms with van der Waals surface area (Å²) in [7, 11) is 1.71. The Labute approximate surface area is 85.5 Å². The van der Waals surface area contributed by atoms with Crippen molar-refractivity contribution in [2.45, 2.75) is 31.6 Å². The van der Waals surface area contributed by atoms with Crippen molar-refractivity contribution in [3.05, 3.63) is 23.3 Å². The maximum atomic E-state index is 5.28. The number of rotatable bonds is 3. The second-order valence-electron chi connectivity index (χ2n) is 3.20. The SMILES string of the molecule is CCCc1cc(C)c(S)cc1OC. The minimum absolute atomic E-state index is 0.956. The van der Waals surface area contributed by atoms with Gasteiger partial charge in [-0.1, -0.05) is 19.4 Å². The molecule has 13 heavy (non-hydrogen) atoms. The molecule has 1 aromatic carbocycles. The molecule has 0 fully saturated rings. The lowest BCUT2D eigenvalue weighted by molar-refractivity contribution is 0.408. The summed E-state index contributed by atoms with van der Waals surface area (Å²) < 4.78 is 5.28. The highest BCUT2D eigenvalue weighted by Gasteiger charge is 2.04. The zero-order valence-corrected chi connectivity index (χ0v) is 9.32. The molecular weight excluding hydrogens is 180 g/mol. The predicted molar refractivity (Wildman–Crippen MR) is 59.0 cm³/mol. The van der Waals surface area contributed by atoms with Crippen molar-refractivity contribution in [3.8, 4) is 5.75 Å². The highest BCUT2D eigenvalue weighted by molar-refractivity contribution is 7.80. The molecule has 1 aromatic rings. The number of thiol groups is 1. The third kappa shape index (κ3) is 2.41. The number of methoxy groups -OCH3 is 1. The molecule has 0 bridgehead atoms. The molecule has 1 rings (SSSR count). The van der Waals surface area contributed by atoms with Crippen LogP contribution in [0.15, 0.2) is 17.0 Å². The topological polar surface area (TPSA) is 9.23 Å². The van der Waals surface area contributed by atoms with E-state index in [1.165, 1.54) is 11.1 Å². The van der Waals surface area contributed by atoms with Gasteiger partial charge in [-0.25, -0.2) is 0 Å². The zero-order chi connectivity index (χ0) is 9.84. The fourth-order valence-electron chi connectivity index (χ4n) is 1.39. The van der Waals surface area contributed by atoms with Crippen LogP contribution in [0.2, 0.25) is 0 Å². The molecule has 0 amide bonds. The fraction of sp³-hybridized carbons (Fsp3) is 0.455. The van der Waals surface area contributed by atoms with Crippen LogP contribution in [-0.4, -0.2) is 7.11 Å². The van der Waals surface area contributed by atoms with Gasteiger partial charge in [0.15, 0.2) is 0 Å². The van der Waals surface area contributed by atoms with Gasteiger partial charge < -0.3 is 4.74 Å². The number of ether oxygens (including phenoxy) is 1. The van der Waals surface area contributed by atoms with Crippen molar-refractivity contribution < 1.29 is 4.74 Å². The number of benzene rings is 1. The Balaban J connectivity index is 3.09. The van der Waals surface area contributed by atoms with Crippen molar-refractivity contribution in [2.75, 3.05) is 7.11 Å². The van der Waals surface area contributed by atoms with E-state index in [-0.39, 0.29) is 0 Å². The van der Waals surface area contributed by atoms with Crippen LogP contribution in [0.1, 0.15) is 24.5 Å². The average Bonchev–Trinajstić information content (AvgIpc) is 2.11. The smallest absolute Gasteiger partial charge is 0.123 e. The average molecular weight is 196 g/mol. The first-order valence-corrected chi connectivity index (χ1v) is 5.00.